The first-order valence-corrected chi connectivity index (χ1v) is 6.61. The van der Waals surface area contributed by atoms with Crippen molar-refractivity contribution in [2.75, 3.05) is 20.3 Å². The summed E-state index contributed by atoms with van der Waals surface area (Å²) in [6, 6.07) is 5.30. The van der Waals surface area contributed by atoms with E-state index in [9.17, 15) is 13.2 Å². The Morgan fingerprint density at radius 3 is 2.48 bits per heavy atom. The molecular weight excluding hydrogens is 287 g/mol. The summed E-state index contributed by atoms with van der Waals surface area (Å²) in [5.74, 6) is 0.833. The fraction of sp³-hybridized carbons (Fsp3) is 0.571. The lowest BCUT2D eigenvalue weighted by molar-refractivity contribution is -0.325. The van der Waals surface area contributed by atoms with Crippen LogP contribution in [0.2, 0.25) is 0 Å². The van der Waals surface area contributed by atoms with E-state index in [1.807, 2.05) is 13.0 Å². The zero-order chi connectivity index (χ0) is 15.9. The Bertz CT molecular complexity index is 438. The Morgan fingerprint density at radius 1 is 1.19 bits per heavy atom. The number of hydrogen-bond acceptors (Lipinski definition) is 4. The third-order valence-corrected chi connectivity index (χ3v) is 2.86. The predicted octanol–water partition coefficient (Wildman–Crippen LogP) is 2.89. The summed E-state index contributed by atoms with van der Waals surface area (Å²) in [7, 11) is 1.47. The highest BCUT2D eigenvalue weighted by molar-refractivity contribution is 5.43. The van der Waals surface area contributed by atoms with Crippen molar-refractivity contribution in [3.63, 3.8) is 0 Å². The van der Waals surface area contributed by atoms with Crippen LogP contribution >= 0.6 is 0 Å². The number of ether oxygens (including phenoxy) is 3. The quantitative estimate of drug-likeness (QED) is 0.750. The number of hydrogen-bond donors (Lipinski definition) is 1. The van der Waals surface area contributed by atoms with Gasteiger partial charge in [0.15, 0.2) is 11.5 Å². The fourth-order valence-corrected chi connectivity index (χ4v) is 1.71. The summed E-state index contributed by atoms with van der Waals surface area (Å²) in [5, 5.41) is 0. The highest BCUT2D eigenvalue weighted by Gasteiger charge is 2.28. The summed E-state index contributed by atoms with van der Waals surface area (Å²) < 4.78 is 49.5. The van der Waals surface area contributed by atoms with Crippen molar-refractivity contribution in [1.82, 2.24) is 0 Å². The topological polar surface area (TPSA) is 53.7 Å². The molecular formula is C14H20F3NO3. The Labute approximate surface area is 122 Å². The van der Waals surface area contributed by atoms with Gasteiger partial charge in [0.25, 0.3) is 0 Å². The third-order valence-electron chi connectivity index (χ3n) is 2.86. The lowest BCUT2D eigenvalue weighted by atomic mass is 10.0. The summed E-state index contributed by atoms with van der Waals surface area (Å²) in [6.07, 6.45) is -3.09. The number of rotatable bonds is 8. The third kappa shape index (κ3) is 6.68. The SMILES string of the molecule is CCC(N)Cc1ccc(OCCOC(F)(F)F)c(OC)c1. The van der Waals surface area contributed by atoms with E-state index in [0.717, 1.165) is 12.0 Å². The van der Waals surface area contributed by atoms with E-state index >= 15 is 0 Å². The van der Waals surface area contributed by atoms with Crippen LogP contribution in [0.1, 0.15) is 18.9 Å². The molecule has 0 bridgehead atoms. The molecule has 1 atom stereocenters. The largest absolute Gasteiger partial charge is 0.522 e. The van der Waals surface area contributed by atoms with E-state index in [1.54, 1.807) is 12.1 Å². The first-order valence-electron chi connectivity index (χ1n) is 6.61. The van der Waals surface area contributed by atoms with Crippen LogP contribution in [0.25, 0.3) is 0 Å². The molecule has 7 heteroatoms. The van der Waals surface area contributed by atoms with Crippen molar-refractivity contribution < 1.29 is 27.4 Å². The van der Waals surface area contributed by atoms with Crippen LogP contribution in [-0.2, 0) is 11.2 Å². The van der Waals surface area contributed by atoms with Gasteiger partial charge < -0.3 is 15.2 Å². The molecule has 0 amide bonds. The van der Waals surface area contributed by atoms with Crippen molar-refractivity contribution in [3.05, 3.63) is 23.8 Å². The van der Waals surface area contributed by atoms with Crippen LogP contribution in [0.3, 0.4) is 0 Å². The monoisotopic (exact) mass is 307 g/mol. The Balaban J connectivity index is 2.58. The first kappa shape index (κ1) is 17.6. The average molecular weight is 307 g/mol. The first-order chi connectivity index (χ1) is 9.85. The predicted molar refractivity (Wildman–Crippen MR) is 72.5 cm³/mol. The smallest absolute Gasteiger partial charge is 0.493 e. The maximum absolute atomic E-state index is 11.8. The van der Waals surface area contributed by atoms with E-state index in [0.29, 0.717) is 17.9 Å². The van der Waals surface area contributed by atoms with Gasteiger partial charge in [0, 0.05) is 6.04 Å². The van der Waals surface area contributed by atoms with Crippen molar-refractivity contribution in [2.24, 2.45) is 5.73 Å². The van der Waals surface area contributed by atoms with Gasteiger partial charge in [-0.1, -0.05) is 13.0 Å². The van der Waals surface area contributed by atoms with Gasteiger partial charge in [-0.25, -0.2) is 0 Å². The number of halogens is 3. The van der Waals surface area contributed by atoms with Crippen LogP contribution in [0.4, 0.5) is 13.2 Å². The second-order valence-corrected chi connectivity index (χ2v) is 4.50. The van der Waals surface area contributed by atoms with Crippen LogP contribution in [-0.4, -0.2) is 32.7 Å². The number of methoxy groups -OCH3 is 1. The summed E-state index contributed by atoms with van der Waals surface area (Å²) in [5.41, 5.74) is 6.86. The minimum Gasteiger partial charge on any atom is -0.493 e. The summed E-state index contributed by atoms with van der Waals surface area (Å²) in [6.45, 7) is 1.21. The molecule has 2 N–H and O–H groups in total. The standard InChI is InChI=1S/C14H20F3NO3/c1-3-11(18)8-10-4-5-12(13(9-10)19-2)20-6-7-21-14(15,16)17/h4-5,9,11H,3,6-8,18H2,1-2H3. The normalized spacial score (nSPS) is 13.0. The second kappa shape index (κ2) is 8.09. The van der Waals surface area contributed by atoms with E-state index in [-0.39, 0.29) is 12.6 Å². The van der Waals surface area contributed by atoms with Crippen molar-refractivity contribution in [3.8, 4) is 11.5 Å². The Hall–Kier alpha value is -1.47. The Kier molecular flexibility index (Phi) is 6.77. The zero-order valence-corrected chi connectivity index (χ0v) is 12.1. The molecule has 0 aliphatic heterocycles. The van der Waals surface area contributed by atoms with Crippen molar-refractivity contribution in [2.45, 2.75) is 32.2 Å². The van der Waals surface area contributed by atoms with E-state index in [1.165, 1.54) is 7.11 Å². The molecule has 1 rings (SSSR count). The van der Waals surface area contributed by atoms with Gasteiger partial charge in [0.1, 0.15) is 6.61 Å². The molecule has 4 nitrogen and oxygen atoms in total. The van der Waals surface area contributed by atoms with E-state index < -0.39 is 13.0 Å². The second-order valence-electron chi connectivity index (χ2n) is 4.50. The van der Waals surface area contributed by atoms with Crippen molar-refractivity contribution in [1.29, 1.82) is 0 Å². The zero-order valence-electron chi connectivity index (χ0n) is 12.1. The van der Waals surface area contributed by atoms with Crippen LogP contribution in [0.15, 0.2) is 18.2 Å². The molecule has 1 aromatic rings. The van der Waals surface area contributed by atoms with Gasteiger partial charge in [-0.2, -0.15) is 0 Å². The molecule has 0 aliphatic carbocycles. The van der Waals surface area contributed by atoms with Crippen molar-refractivity contribution >= 4 is 0 Å². The maximum atomic E-state index is 11.8. The number of nitrogens with two attached hydrogens (primary N) is 1. The van der Waals surface area contributed by atoms with Gasteiger partial charge in [0.05, 0.1) is 13.7 Å². The molecule has 0 aliphatic rings. The molecule has 0 saturated heterocycles. The highest BCUT2D eigenvalue weighted by Crippen LogP contribution is 2.28. The van der Waals surface area contributed by atoms with Crippen LogP contribution in [0.5, 0.6) is 11.5 Å². The summed E-state index contributed by atoms with van der Waals surface area (Å²) in [4.78, 5) is 0. The fourth-order valence-electron chi connectivity index (χ4n) is 1.71. The van der Waals surface area contributed by atoms with Gasteiger partial charge >= 0.3 is 6.36 Å². The average Bonchev–Trinajstić information content (AvgIpc) is 2.43. The maximum Gasteiger partial charge on any atom is 0.522 e. The number of benzene rings is 1. The lowest BCUT2D eigenvalue weighted by Gasteiger charge is -2.14. The molecule has 0 saturated carbocycles. The van der Waals surface area contributed by atoms with E-state index in [4.69, 9.17) is 15.2 Å². The number of alkyl halides is 3. The van der Waals surface area contributed by atoms with Crippen LogP contribution in [0, 0.1) is 0 Å². The lowest BCUT2D eigenvalue weighted by Crippen LogP contribution is -2.21. The molecule has 1 aromatic carbocycles. The van der Waals surface area contributed by atoms with Crippen LogP contribution < -0.4 is 15.2 Å². The molecule has 0 heterocycles. The molecule has 21 heavy (non-hydrogen) atoms. The molecule has 0 aromatic heterocycles. The minimum atomic E-state index is -4.65. The molecule has 0 spiro atoms. The molecule has 120 valence electrons. The van der Waals surface area contributed by atoms with Gasteiger partial charge in [-0.05, 0) is 30.5 Å². The molecule has 0 fully saturated rings. The summed E-state index contributed by atoms with van der Waals surface area (Å²) >= 11 is 0. The van der Waals surface area contributed by atoms with Gasteiger partial charge in [-0.3, -0.25) is 4.74 Å². The van der Waals surface area contributed by atoms with E-state index in [2.05, 4.69) is 4.74 Å². The van der Waals surface area contributed by atoms with Gasteiger partial charge in [-0.15, -0.1) is 13.2 Å². The highest BCUT2D eigenvalue weighted by atomic mass is 19.4. The molecule has 0 radical (unpaired) electrons. The minimum absolute atomic E-state index is 0.0571. The Morgan fingerprint density at radius 2 is 1.90 bits per heavy atom. The van der Waals surface area contributed by atoms with Gasteiger partial charge in [0.2, 0.25) is 0 Å². The molecule has 1 unspecified atom stereocenters.